The third-order valence-electron chi connectivity index (χ3n) is 4.51. The molecule has 0 aromatic carbocycles. The molecule has 0 aromatic rings. The van der Waals surface area contributed by atoms with Gasteiger partial charge >= 0.3 is 0 Å². The van der Waals surface area contributed by atoms with E-state index < -0.39 is 0 Å². The lowest BCUT2D eigenvalue weighted by Crippen LogP contribution is -2.52. The number of ether oxygens (including phenoxy) is 1. The Morgan fingerprint density at radius 1 is 1.37 bits per heavy atom. The summed E-state index contributed by atoms with van der Waals surface area (Å²) >= 11 is 5.85. The normalized spacial score (nSPS) is 26.1. The summed E-state index contributed by atoms with van der Waals surface area (Å²) in [5, 5.41) is 0. The van der Waals surface area contributed by atoms with Crippen molar-refractivity contribution < 1.29 is 4.74 Å². The Morgan fingerprint density at radius 3 is 2.74 bits per heavy atom. The quantitative estimate of drug-likeness (QED) is 0.670. The van der Waals surface area contributed by atoms with Crippen LogP contribution in [-0.4, -0.2) is 66.7 Å². The van der Waals surface area contributed by atoms with E-state index in [1.807, 2.05) is 0 Å². The fourth-order valence-electron chi connectivity index (χ4n) is 3.02. The molecule has 0 bridgehead atoms. The van der Waals surface area contributed by atoms with Crippen LogP contribution in [0.4, 0.5) is 0 Å². The maximum atomic E-state index is 5.97. The van der Waals surface area contributed by atoms with Gasteiger partial charge in [-0.15, -0.1) is 11.6 Å². The second-order valence-electron chi connectivity index (χ2n) is 6.20. The van der Waals surface area contributed by atoms with E-state index in [4.69, 9.17) is 16.3 Å². The Hall–Kier alpha value is 0.170. The number of nitrogens with zero attached hydrogens (tertiary/aromatic N) is 2. The average Bonchev–Trinajstić information content (AvgIpc) is 2.34. The Kier molecular flexibility index (Phi) is 6.40. The lowest BCUT2D eigenvalue weighted by molar-refractivity contribution is -0.0611. The van der Waals surface area contributed by atoms with Crippen molar-refractivity contribution in [1.82, 2.24) is 9.80 Å². The number of hydrogen-bond acceptors (Lipinski definition) is 3. The summed E-state index contributed by atoms with van der Waals surface area (Å²) in [6.07, 6.45) is 5.60. The first-order valence-electron chi connectivity index (χ1n) is 7.86. The summed E-state index contributed by atoms with van der Waals surface area (Å²) in [5.41, 5.74) is 0. The SMILES string of the molecule is CC(C)N1CCOC(CN(CCCCl)C2CCC2)C1. The minimum absolute atomic E-state index is 0.382. The zero-order valence-electron chi connectivity index (χ0n) is 12.5. The van der Waals surface area contributed by atoms with Gasteiger partial charge in [-0.3, -0.25) is 9.80 Å². The summed E-state index contributed by atoms with van der Waals surface area (Å²) < 4.78 is 5.97. The van der Waals surface area contributed by atoms with Gasteiger partial charge in [-0.1, -0.05) is 6.42 Å². The molecule has 1 saturated heterocycles. The van der Waals surface area contributed by atoms with E-state index in [1.165, 1.54) is 19.3 Å². The molecule has 1 unspecified atom stereocenters. The van der Waals surface area contributed by atoms with E-state index in [9.17, 15) is 0 Å². The minimum atomic E-state index is 0.382. The molecular weight excluding hydrogens is 260 g/mol. The zero-order chi connectivity index (χ0) is 13.7. The van der Waals surface area contributed by atoms with Gasteiger partial charge in [0.15, 0.2) is 0 Å². The van der Waals surface area contributed by atoms with Crippen LogP contribution < -0.4 is 0 Å². The number of morpholine rings is 1. The molecule has 1 aliphatic heterocycles. The van der Waals surface area contributed by atoms with Crippen LogP contribution in [0.5, 0.6) is 0 Å². The maximum absolute atomic E-state index is 5.97. The topological polar surface area (TPSA) is 15.7 Å². The number of alkyl halides is 1. The smallest absolute Gasteiger partial charge is 0.0829 e. The molecule has 3 nitrogen and oxygen atoms in total. The molecule has 2 aliphatic rings. The molecule has 0 spiro atoms. The van der Waals surface area contributed by atoms with Crippen molar-refractivity contribution in [3.05, 3.63) is 0 Å². The largest absolute Gasteiger partial charge is 0.374 e. The van der Waals surface area contributed by atoms with Crippen molar-refractivity contribution in [1.29, 1.82) is 0 Å². The van der Waals surface area contributed by atoms with Gasteiger partial charge in [0.05, 0.1) is 12.7 Å². The van der Waals surface area contributed by atoms with Crippen LogP contribution in [0.15, 0.2) is 0 Å². The molecule has 0 aromatic heterocycles. The molecule has 0 N–H and O–H groups in total. The molecule has 1 aliphatic carbocycles. The fraction of sp³-hybridized carbons (Fsp3) is 1.00. The van der Waals surface area contributed by atoms with E-state index in [0.717, 1.165) is 51.1 Å². The van der Waals surface area contributed by atoms with Gasteiger partial charge in [0.1, 0.15) is 0 Å². The summed E-state index contributed by atoms with van der Waals surface area (Å²) in [5.74, 6) is 0.771. The van der Waals surface area contributed by atoms with Gasteiger partial charge in [0.2, 0.25) is 0 Å². The van der Waals surface area contributed by atoms with E-state index in [1.54, 1.807) is 0 Å². The standard InChI is InChI=1S/C15H29ClN2O/c1-13(2)17-9-10-19-15(11-17)12-18(8-4-7-16)14-5-3-6-14/h13-15H,3-12H2,1-2H3. The summed E-state index contributed by atoms with van der Waals surface area (Å²) in [7, 11) is 0. The van der Waals surface area contributed by atoms with Crippen molar-refractivity contribution in [2.24, 2.45) is 0 Å². The van der Waals surface area contributed by atoms with E-state index >= 15 is 0 Å². The Labute approximate surface area is 123 Å². The van der Waals surface area contributed by atoms with Crippen molar-refractivity contribution in [2.45, 2.75) is 57.7 Å². The highest BCUT2D eigenvalue weighted by molar-refractivity contribution is 6.17. The second-order valence-corrected chi connectivity index (χ2v) is 6.58. The van der Waals surface area contributed by atoms with Crippen LogP contribution in [0.2, 0.25) is 0 Å². The third-order valence-corrected chi connectivity index (χ3v) is 4.78. The van der Waals surface area contributed by atoms with Gasteiger partial charge < -0.3 is 4.74 Å². The highest BCUT2D eigenvalue weighted by atomic mass is 35.5. The average molecular weight is 289 g/mol. The van der Waals surface area contributed by atoms with Crippen molar-refractivity contribution in [3.8, 4) is 0 Å². The van der Waals surface area contributed by atoms with Gasteiger partial charge in [-0.25, -0.2) is 0 Å². The lowest BCUT2D eigenvalue weighted by atomic mass is 9.91. The van der Waals surface area contributed by atoms with Crippen LogP contribution >= 0.6 is 11.6 Å². The highest BCUT2D eigenvalue weighted by Crippen LogP contribution is 2.26. The predicted molar refractivity (Wildman–Crippen MR) is 81.0 cm³/mol. The van der Waals surface area contributed by atoms with Crippen molar-refractivity contribution >= 4 is 11.6 Å². The van der Waals surface area contributed by atoms with Gasteiger partial charge in [0, 0.05) is 37.6 Å². The minimum Gasteiger partial charge on any atom is -0.374 e. The molecule has 0 amide bonds. The first-order valence-corrected chi connectivity index (χ1v) is 8.40. The molecule has 19 heavy (non-hydrogen) atoms. The Balaban J connectivity index is 1.81. The van der Waals surface area contributed by atoms with E-state index in [0.29, 0.717) is 12.1 Å². The van der Waals surface area contributed by atoms with Crippen LogP contribution in [0.25, 0.3) is 0 Å². The van der Waals surface area contributed by atoms with Crippen molar-refractivity contribution in [3.63, 3.8) is 0 Å². The molecule has 0 radical (unpaired) electrons. The molecule has 1 heterocycles. The number of rotatable bonds is 7. The predicted octanol–water partition coefficient (Wildman–Crippen LogP) is 2.58. The molecule has 1 saturated carbocycles. The molecule has 1 atom stereocenters. The van der Waals surface area contributed by atoms with E-state index in [-0.39, 0.29) is 0 Å². The van der Waals surface area contributed by atoms with Crippen molar-refractivity contribution in [2.75, 3.05) is 38.7 Å². The lowest BCUT2D eigenvalue weighted by Gasteiger charge is -2.42. The van der Waals surface area contributed by atoms with Crippen LogP contribution in [-0.2, 0) is 4.74 Å². The Bertz CT molecular complexity index is 259. The zero-order valence-corrected chi connectivity index (χ0v) is 13.2. The highest BCUT2D eigenvalue weighted by Gasteiger charge is 2.29. The van der Waals surface area contributed by atoms with Crippen LogP contribution in [0.1, 0.15) is 39.5 Å². The van der Waals surface area contributed by atoms with Gasteiger partial charge in [-0.2, -0.15) is 0 Å². The second kappa shape index (κ2) is 7.82. The monoisotopic (exact) mass is 288 g/mol. The van der Waals surface area contributed by atoms with Gasteiger partial charge in [0.25, 0.3) is 0 Å². The summed E-state index contributed by atoms with van der Waals surface area (Å²) in [6, 6.07) is 1.42. The molecule has 2 fully saturated rings. The molecule has 2 rings (SSSR count). The van der Waals surface area contributed by atoms with E-state index in [2.05, 4.69) is 23.6 Å². The molecule has 4 heteroatoms. The first kappa shape index (κ1) is 15.6. The Morgan fingerprint density at radius 2 is 2.16 bits per heavy atom. The molecule has 112 valence electrons. The van der Waals surface area contributed by atoms with Crippen LogP contribution in [0, 0.1) is 0 Å². The fourth-order valence-corrected chi connectivity index (χ4v) is 3.14. The third kappa shape index (κ3) is 4.59. The molecular formula is C15H29ClN2O. The number of hydrogen-bond donors (Lipinski definition) is 0. The first-order chi connectivity index (χ1) is 9.20. The van der Waals surface area contributed by atoms with Crippen LogP contribution in [0.3, 0.4) is 0 Å². The summed E-state index contributed by atoms with van der Waals surface area (Å²) in [6.45, 7) is 9.83. The summed E-state index contributed by atoms with van der Waals surface area (Å²) in [4.78, 5) is 5.16. The maximum Gasteiger partial charge on any atom is 0.0829 e. The number of halogens is 1. The van der Waals surface area contributed by atoms with Gasteiger partial charge in [-0.05, 0) is 39.7 Å².